The van der Waals surface area contributed by atoms with Crippen molar-refractivity contribution in [3.63, 3.8) is 0 Å². The monoisotopic (exact) mass is 395 g/mol. The molecule has 4 aromatic rings. The van der Waals surface area contributed by atoms with Crippen LogP contribution in [0.1, 0.15) is 35.9 Å². The third-order valence-corrected chi connectivity index (χ3v) is 5.30. The Morgan fingerprint density at radius 3 is 2.20 bits per heavy atom. The molecule has 1 fully saturated rings. The molecule has 0 spiro atoms. The van der Waals surface area contributed by atoms with E-state index in [1.54, 1.807) is 0 Å². The molecule has 6 heteroatoms. The summed E-state index contributed by atoms with van der Waals surface area (Å²) in [6.07, 6.45) is 2.20. The van der Waals surface area contributed by atoms with E-state index < -0.39 is 5.92 Å². The van der Waals surface area contributed by atoms with Crippen molar-refractivity contribution in [3.05, 3.63) is 96.1 Å². The molecule has 0 aliphatic heterocycles. The van der Waals surface area contributed by atoms with Gasteiger partial charge in [-0.1, -0.05) is 72.8 Å². The molecule has 3 aromatic carbocycles. The Morgan fingerprint density at radius 2 is 1.57 bits per heavy atom. The SMILES string of the molecule is O=C(Nc1cccc(-c2nnnn2C2CC2)c1)C(c1ccccc1)c1ccccc1. The van der Waals surface area contributed by atoms with Gasteiger partial charge in [-0.15, -0.1) is 5.10 Å². The van der Waals surface area contributed by atoms with E-state index in [4.69, 9.17) is 0 Å². The zero-order valence-corrected chi connectivity index (χ0v) is 16.3. The van der Waals surface area contributed by atoms with Crippen LogP contribution < -0.4 is 5.32 Å². The molecule has 148 valence electrons. The Labute approximate surface area is 174 Å². The van der Waals surface area contributed by atoms with Gasteiger partial charge in [0.25, 0.3) is 0 Å². The average molecular weight is 395 g/mol. The van der Waals surface area contributed by atoms with Crippen LogP contribution in [-0.2, 0) is 4.79 Å². The number of nitrogens with one attached hydrogen (secondary N) is 1. The van der Waals surface area contributed by atoms with Gasteiger partial charge >= 0.3 is 0 Å². The van der Waals surface area contributed by atoms with E-state index in [-0.39, 0.29) is 5.91 Å². The van der Waals surface area contributed by atoms with Crippen LogP contribution in [0.3, 0.4) is 0 Å². The largest absolute Gasteiger partial charge is 0.325 e. The quantitative estimate of drug-likeness (QED) is 0.524. The van der Waals surface area contributed by atoms with Crippen LogP contribution >= 0.6 is 0 Å². The van der Waals surface area contributed by atoms with Crippen LogP contribution in [0.4, 0.5) is 5.69 Å². The van der Waals surface area contributed by atoms with Gasteiger partial charge in [0.2, 0.25) is 5.91 Å². The Morgan fingerprint density at radius 1 is 0.900 bits per heavy atom. The number of amides is 1. The number of carbonyl (C=O) groups excluding carboxylic acids is 1. The first-order valence-electron chi connectivity index (χ1n) is 10.1. The van der Waals surface area contributed by atoms with Gasteiger partial charge < -0.3 is 5.32 Å². The Kier molecular flexibility index (Phi) is 4.81. The number of hydrogen-bond acceptors (Lipinski definition) is 4. The maximum absolute atomic E-state index is 13.3. The van der Waals surface area contributed by atoms with Crippen molar-refractivity contribution in [1.82, 2.24) is 20.2 Å². The predicted molar refractivity (Wildman–Crippen MR) is 115 cm³/mol. The van der Waals surface area contributed by atoms with Gasteiger partial charge in [-0.3, -0.25) is 4.79 Å². The summed E-state index contributed by atoms with van der Waals surface area (Å²) in [6.45, 7) is 0. The molecular weight excluding hydrogens is 374 g/mol. The molecule has 1 saturated carbocycles. The van der Waals surface area contributed by atoms with Crippen molar-refractivity contribution < 1.29 is 4.79 Å². The highest BCUT2D eigenvalue weighted by atomic mass is 16.1. The van der Waals surface area contributed by atoms with Gasteiger partial charge in [-0.2, -0.15) is 0 Å². The van der Waals surface area contributed by atoms with Gasteiger partial charge in [0, 0.05) is 11.3 Å². The minimum Gasteiger partial charge on any atom is -0.325 e. The number of benzene rings is 3. The molecule has 1 aromatic heterocycles. The number of aromatic nitrogens is 4. The number of tetrazole rings is 1. The highest BCUT2D eigenvalue weighted by molar-refractivity contribution is 5.98. The van der Waals surface area contributed by atoms with Crippen LogP contribution in [0.25, 0.3) is 11.4 Å². The molecule has 0 bridgehead atoms. The number of anilines is 1. The second kappa shape index (κ2) is 7.91. The molecule has 1 heterocycles. The summed E-state index contributed by atoms with van der Waals surface area (Å²) < 4.78 is 1.87. The molecule has 0 atom stereocenters. The van der Waals surface area contributed by atoms with Crippen molar-refractivity contribution in [2.45, 2.75) is 24.8 Å². The van der Waals surface area contributed by atoms with E-state index in [0.717, 1.165) is 41.0 Å². The molecule has 0 unspecified atom stereocenters. The topological polar surface area (TPSA) is 72.7 Å². The second-order valence-corrected chi connectivity index (χ2v) is 7.50. The summed E-state index contributed by atoms with van der Waals surface area (Å²) in [6, 6.07) is 27.7. The van der Waals surface area contributed by atoms with Crippen LogP contribution in [-0.4, -0.2) is 26.1 Å². The molecule has 1 aliphatic rings. The van der Waals surface area contributed by atoms with Crippen LogP contribution in [0.2, 0.25) is 0 Å². The first-order valence-corrected chi connectivity index (χ1v) is 10.1. The van der Waals surface area contributed by atoms with E-state index in [9.17, 15) is 4.79 Å². The molecule has 30 heavy (non-hydrogen) atoms. The number of rotatable bonds is 6. The first-order chi connectivity index (χ1) is 14.8. The van der Waals surface area contributed by atoms with E-state index >= 15 is 0 Å². The summed E-state index contributed by atoms with van der Waals surface area (Å²) in [4.78, 5) is 13.3. The van der Waals surface area contributed by atoms with Crippen LogP contribution in [0.5, 0.6) is 0 Å². The minimum absolute atomic E-state index is 0.0775. The summed E-state index contributed by atoms with van der Waals surface area (Å²) in [7, 11) is 0. The van der Waals surface area contributed by atoms with Crippen LogP contribution in [0.15, 0.2) is 84.9 Å². The maximum atomic E-state index is 13.3. The third-order valence-electron chi connectivity index (χ3n) is 5.30. The molecule has 1 amide bonds. The highest BCUT2D eigenvalue weighted by Crippen LogP contribution is 2.37. The standard InChI is InChI=1S/C24H21N5O/c30-24(22(17-8-3-1-4-9-17)18-10-5-2-6-11-18)25-20-13-7-12-19(16-20)23-26-27-28-29(23)21-14-15-21/h1-13,16,21-22H,14-15H2,(H,25,30). The van der Waals surface area contributed by atoms with Gasteiger partial charge in [0.05, 0.1) is 12.0 Å². The molecule has 1 N–H and O–H groups in total. The minimum atomic E-state index is -0.396. The summed E-state index contributed by atoms with van der Waals surface area (Å²) >= 11 is 0. The Bertz CT molecular complexity index is 1110. The summed E-state index contributed by atoms with van der Waals surface area (Å²) in [5, 5.41) is 15.2. The van der Waals surface area contributed by atoms with E-state index in [0.29, 0.717) is 6.04 Å². The third kappa shape index (κ3) is 3.72. The lowest BCUT2D eigenvalue weighted by atomic mass is 9.90. The number of nitrogens with zero attached hydrogens (tertiary/aromatic N) is 4. The molecule has 5 rings (SSSR count). The maximum Gasteiger partial charge on any atom is 0.236 e. The van der Waals surface area contributed by atoms with Crippen molar-refractivity contribution in [2.75, 3.05) is 5.32 Å². The van der Waals surface area contributed by atoms with Crippen LogP contribution in [0, 0.1) is 0 Å². The molecule has 0 radical (unpaired) electrons. The first kappa shape index (κ1) is 18.2. The fourth-order valence-electron chi connectivity index (χ4n) is 3.69. The number of carbonyl (C=O) groups is 1. The second-order valence-electron chi connectivity index (χ2n) is 7.50. The van der Waals surface area contributed by atoms with E-state index in [1.807, 2.05) is 89.6 Å². The molecular formula is C24H21N5O. The lowest BCUT2D eigenvalue weighted by molar-refractivity contribution is -0.116. The number of hydrogen-bond donors (Lipinski definition) is 1. The normalized spacial score (nSPS) is 13.4. The predicted octanol–water partition coefficient (Wildman–Crippen LogP) is 4.45. The summed E-state index contributed by atoms with van der Waals surface area (Å²) in [5.41, 5.74) is 3.52. The zero-order valence-electron chi connectivity index (χ0n) is 16.3. The highest BCUT2D eigenvalue weighted by Gasteiger charge is 2.28. The van der Waals surface area contributed by atoms with Gasteiger partial charge in [0.15, 0.2) is 5.82 Å². The average Bonchev–Trinajstić information content (AvgIpc) is 3.51. The van der Waals surface area contributed by atoms with Crippen molar-refractivity contribution >= 4 is 11.6 Å². The van der Waals surface area contributed by atoms with Gasteiger partial charge in [-0.05, 0) is 46.5 Å². The molecule has 6 nitrogen and oxygen atoms in total. The van der Waals surface area contributed by atoms with Gasteiger partial charge in [0.1, 0.15) is 0 Å². The Hall–Kier alpha value is -3.80. The Balaban J connectivity index is 1.44. The van der Waals surface area contributed by atoms with E-state index in [1.165, 1.54) is 0 Å². The fraction of sp³-hybridized carbons (Fsp3) is 0.167. The fourth-order valence-corrected chi connectivity index (χ4v) is 3.69. The van der Waals surface area contributed by atoms with Crippen molar-refractivity contribution in [1.29, 1.82) is 0 Å². The van der Waals surface area contributed by atoms with E-state index in [2.05, 4.69) is 20.8 Å². The lowest BCUT2D eigenvalue weighted by Crippen LogP contribution is -2.22. The molecule has 0 saturated heterocycles. The summed E-state index contributed by atoms with van der Waals surface area (Å²) in [5.74, 6) is 0.260. The lowest BCUT2D eigenvalue weighted by Gasteiger charge is -2.18. The van der Waals surface area contributed by atoms with Crippen molar-refractivity contribution in [3.8, 4) is 11.4 Å². The smallest absolute Gasteiger partial charge is 0.236 e. The zero-order chi connectivity index (χ0) is 20.3. The van der Waals surface area contributed by atoms with Gasteiger partial charge in [-0.25, -0.2) is 4.68 Å². The molecule has 1 aliphatic carbocycles. The van der Waals surface area contributed by atoms with Crippen molar-refractivity contribution in [2.24, 2.45) is 0 Å².